The number of nitrogens with one attached hydrogen (secondary N) is 1. The lowest BCUT2D eigenvalue weighted by molar-refractivity contribution is -0.160. The number of carbonyl (C=O) groups excluding carboxylic acids is 2. The van der Waals surface area contributed by atoms with E-state index in [1.165, 1.54) is 0 Å². The van der Waals surface area contributed by atoms with Crippen LogP contribution in [0.25, 0.3) is 10.9 Å². The Morgan fingerprint density at radius 2 is 2.04 bits per heavy atom. The average molecular weight is 316 g/mol. The molecule has 1 unspecified atom stereocenters. The van der Waals surface area contributed by atoms with Crippen molar-refractivity contribution in [3.8, 4) is 0 Å². The van der Waals surface area contributed by atoms with Gasteiger partial charge in [0.05, 0.1) is 19.6 Å². The van der Waals surface area contributed by atoms with Gasteiger partial charge in [0.25, 0.3) is 5.91 Å². The molecule has 0 saturated carbocycles. The van der Waals surface area contributed by atoms with Gasteiger partial charge in [0.15, 0.2) is 6.10 Å². The van der Waals surface area contributed by atoms with Crippen molar-refractivity contribution in [3.05, 3.63) is 36.0 Å². The van der Waals surface area contributed by atoms with Gasteiger partial charge in [0, 0.05) is 30.2 Å². The Kier molecular flexibility index (Phi) is 4.62. The number of carbonyl (C=O) groups is 2. The lowest BCUT2D eigenvalue weighted by atomic mass is 10.1. The van der Waals surface area contributed by atoms with E-state index in [2.05, 4.69) is 4.98 Å². The Bertz CT molecular complexity index is 703. The highest BCUT2D eigenvalue weighted by Crippen LogP contribution is 2.18. The summed E-state index contributed by atoms with van der Waals surface area (Å²) < 4.78 is 10.5. The third-order valence-electron chi connectivity index (χ3n) is 3.99. The van der Waals surface area contributed by atoms with Crippen LogP contribution in [0.4, 0.5) is 0 Å². The molecule has 2 heterocycles. The molecule has 0 aliphatic carbocycles. The SMILES string of the molecule is CC(OC(=O)Cc1c[nH]c2ccccc12)C(=O)N1CCOCC1. The lowest BCUT2D eigenvalue weighted by Crippen LogP contribution is -2.46. The van der Waals surface area contributed by atoms with E-state index in [4.69, 9.17) is 9.47 Å². The van der Waals surface area contributed by atoms with Crippen molar-refractivity contribution < 1.29 is 19.1 Å². The van der Waals surface area contributed by atoms with Crippen LogP contribution in [0.2, 0.25) is 0 Å². The van der Waals surface area contributed by atoms with Crippen molar-refractivity contribution in [2.45, 2.75) is 19.4 Å². The zero-order chi connectivity index (χ0) is 16.2. The Morgan fingerprint density at radius 3 is 2.83 bits per heavy atom. The van der Waals surface area contributed by atoms with Crippen LogP contribution in [-0.4, -0.2) is 54.2 Å². The molecule has 0 spiro atoms. The summed E-state index contributed by atoms with van der Waals surface area (Å²) in [4.78, 5) is 29.2. The fourth-order valence-corrected chi connectivity index (χ4v) is 2.76. The lowest BCUT2D eigenvalue weighted by Gasteiger charge is -2.28. The van der Waals surface area contributed by atoms with E-state index in [1.807, 2.05) is 24.3 Å². The fraction of sp³-hybridized carbons (Fsp3) is 0.412. The second-order valence-electron chi connectivity index (χ2n) is 5.61. The van der Waals surface area contributed by atoms with Crippen LogP contribution in [0.3, 0.4) is 0 Å². The molecule has 0 bridgehead atoms. The first-order chi connectivity index (χ1) is 11.1. The predicted octanol–water partition coefficient (Wildman–Crippen LogP) is 1.50. The van der Waals surface area contributed by atoms with Crippen LogP contribution in [0.5, 0.6) is 0 Å². The van der Waals surface area contributed by atoms with E-state index in [0.29, 0.717) is 26.3 Å². The number of hydrogen-bond acceptors (Lipinski definition) is 4. The van der Waals surface area contributed by atoms with Gasteiger partial charge in [-0.1, -0.05) is 18.2 Å². The summed E-state index contributed by atoms with van der Waals surface area (Å²) in [5.41, 5.74) is 1.85. The summed E-state index contributed by atoms with van der Waals surface area (Å²) in [6.07, 6.45) is 1.18. The Labute approximate surface area is 134 Å². The molecule has 0 radical (unpaired) electrons. The number of benzene rings is 1. The van der Waals surface area contributed by atoms with E-state index in [0.717, 1.165) is 16.5 Å². The summed E-state index contributed by atoms with van der Waals surface area (Å²) in [6.45, 7) is 3.76. The van der Waals surface area contributed by atoms with Crippen LogP contribution >= 0.6 is 0 Å². The van der Waals surface area contributed by atoms with Crippen LogP contribution in [0.1, 0.15) is 12.5 Å². The molecule has 1 aromatic carbocycles. The molecule has 6 heteroatoms. The van der Waals surface area contributed by atoms with Crippen molar-refractivity contribution in [2.24, 2.45) is 0 Å². The first-order valence-electron chi connectivity index (χ1n) is 7.76. The zero-order valence-corrected chi connectivity index (χ0v) is 13.1. The molecular weight excluding hydrogens is 296 g/mol. The highest BCUT2D eigenvalue weighted by atomic mass is 16.5. The van der Waals surface area contributed by atoms with Crippen LogP contribution in [0, 0.1) is 0 Å². The zero-order valence-electron chi connectivity index (χ0n) is 13.1. The van der Waals surface area contributed by atoms with Crippen LogP contribution < -0.4 is 0 Å². The van der Waals surface area contributed by atoms with Crippen LogP contribution in [0.15, 0.2) is 30.5 Å². The molecule has 1 aliphatic rings. The predicted molar refractivity (Wildman–Crippen MR) is 85.0 cm³/mol. The van der Waals surface area contributed by atoms with Gasteiger partial charge >= 0.3 is 5.97 Å². The minimum atomic E-state index is -0.772. The number of nitrogens with zero attached hydrogens (tertiary/aromatic N) is 1. The number of hydrogen-bond donors (Lipinski definition) is 1. The van der Waals surface area contributed by atoms with Gasteiger partial charge in [-0.15, -0.1) is 0 Å². The standard InChI is InChI=1S/C17H20N2O4/c1-12(17(21)19-6-8-22-9-7-19)23-16(20)10-13-11-18-15-5-3-2-4-14(13)15/h2-5,11-12,18H,6-10H2,1H3. The van der Waals surface area contributed by atoms with Gasteiger partial charge in [-0.2, -0.15) is 0 Å². The summed E-state index contributed by atoms with van der Waals surface area (Å²) in [5.74, 6) is -0.565. The van der Waals surface area contributed by atoms with E-state index in [9.17, 15) is 9.59 Å². The number of para-hydroxylation sites is 1. The number of aromatic amines is 1. The maximum atomic E-state index is 12.2. The number of rotatable bonds is 4. The number of morpholine rings is 1. The molecule has 1 amide bonds. The van der Waals surface area contributed by atoms with Gasteiger partial charge in [0.2, 0.25) is 0 Å². The second kappa shape index (κ2) is 6.83. The molecule has 1 saturated heterocycles. The molecule has 23 heavy (non-hydrogen) atoms. The van der Waals surface area contributed by atoms with Crippen LogP contribution in [-0.2, 0) is 25.5 Å². The van der Waals surface area contributed by atoms with Crippen molar-refractivity contribution in [3.63, 3.8) is 0 Å². The first-order valence-corrected chi connectivity index (χ1v) is 7.76. The molecule has 1 aliphatic heterocycles. The smallest absolute Gasteiger partial charge is 0.311 e. The number of aromatic nitrogens is 1. The van der Waals surface area contributed by atoms with E-state index < -0.39 is 12.1 Å². The van der Waals surface area contributed by atoms with E-state index >= 15 is 0 Å². The van der Waals surface area contributed by atoms with Gasteiger partial charge in [-0.3, -0.25) is 9.59 Å². The summed E-state index contributed by atoms with van der Waals surface area (Å²) >= 11 is 0. The number of amides is 1. The second-order valence-corrected chi connectivity index (χ2v) is 5.61. The average Bonchev–Trinajstić information content (AvgIpc) is 2.98. The van der Waals surface area contributed by atoms with Crippen molar-refractivity contribution >= 4 is 22.8 Å². The molecule has 1 fully saturated rings. The molecular formula is C17H20N2O4. The van der Waals surface area contributed by atoms with Crippen molar-refractivity contribution in [1.82, 2.24) is 9.88 Å². The van der Waals surface area contributed by atoms with Gasteiger partial charge in [-0.05, 0) is 18.6 Å². The van der Waals surface area contributed by atoms with E-state index in [-0.39, 0.29) is 12.3 Å². The molecule has 1 atom stereocenters. The summed E-state index contributed by atoms with van der Waals surface area (Å²) in [7, 11) is 0. The molecule has 1 aromatic heterocycles. The largest absolute Gasteiger partial charge is 0.452 e. The molecule has 122 valence electrons. The topological polar surface area (TPSA) is 71.6 Å². The molecule has 1 N–H and O–H groups in total. The third kappa shape index (κ3) is 3.53. The molecule has 2 aromatic rings. The Morgan fingerprint density at radius 1 is 1.30 bits per heavy atom. The summed E-state index contributed by atoms with van der Waals surface area (Å²) in [5, 5.41) is 0.997. The third-order valence-corrected chi connectivity index (χ3v) is 3.99. The minimum absolute atomic E-state index is 0.144. The number of H-pyrrole nitrogens is 1. The maximum absolute atomic E-state index is 12.2. The maximum Gasteiger partial charge on any atom is 0.311 e. The van der Waals surface area contributed by atoms with Gasteiger partial charge < -0.3 is 19.4 Å². The Hall–Kier alpha value is -2.34. The summed E-state index contributed by atoms with van der Waals surface area (Å²) in [6, 6.07) is 7.77. The number of esters is 1. The van der Waals surface area contributed by atoms with Gasteiger partial charge in [-0.25, -0.2) is 0 Å². The number of ether oxygens (including phenoxy) is 2. The Balaban J connectivity index is 1.59. The minimum Gasteiger partial charge on any atom is -0.452 e. The fourth-order valence-electron chi connectivity index (χ4n) is 2.76. The highest BCUT2D eigenvalue weighted by Gasteiger charge is 2.25. The van der Waals surface area contributed by atoms with Gasteiger partial charge in [0.1, 0.15) is 0 Å². The van der Waals surface area contributed by atoms with Crippen molar-refractivity contribution in [2.75, 3.05) is 26.3 Å². The monoisotopic (exact) mass is 316 g/mol. The molecule has 6 nitrogen and oxygen atoms in total. The van der Waals surface area contributed by atoms with E-state index in [1.54, 1.807) is 18.0 Å². The highest BCUT2D eigenvalue weighted by molar-refractivity contribution is 5.88. The normalized spacial score (nSPS) is 16.3. The number of fused-ring (bicyclic) bond motifs is 1. The van der Waals surface area contributed by atoms with Crippen molar-refractivity contribution in [1.29, 1.82) is 0 Å². The first kappa shape index (κ1) is 15.6. The quantitative estimate of drug-likeness (QED) is 0.868. The molecule has 3 rings (SSSR count).